The Bertz CT molecular complexity index is 1980. The van der Waals surface area contributed by atoms with Crippen molar-refractivity contribution in [2.24, 2.45) is 0 Å². The van der Waals surface area contributed by atoms with E-state index in [1.54, 1.807) is 0 Å². The van der Waals surface area contributed by atoms with Gasteiger partial charge in [-0.2, -0.15) is 21.0 Å². The fourth-order valence-corrected chi connectivity index (χ4v) is 14.4. The van der Waals surface area contributed by atoms with Gasteiger partial charge < -0.3 is 0 Å². The van der Waals surface area contributed by atoms with Gasteiger partial charge in [-0.25, -0.2) is 52.6 Å². The Kier molecular flexibility index (Phi) is 33.9. The van der Waals surface area contributed by atoms with Crippen LogP contribution in [-0.2, 0) is 40.1 Å². The summed E-state index contributed by atoms with van der Waals surface area (Å²) in [6, 6.07) is 10.2. The highest BCUT2D eigenvalue weighted by atomic mass is 32.2. The van der Waals surface area contributed by atoms with E-state index in [1.165, 1.54) is 0 Å². The summed E-state index contributed by atoms with van der Waals surface area (Å²) in [6.45, 7) is -0.449. The van der Waals surface area contributed by atoms with E-state index in [4.69, 9.17) is 21.0 Å². The maximum atomic E-state index is 14.4. The van der Waals surface area contributed by atoms with Crippen LogP contribution >= 0.6 is 0 Å². The number of hydrogen-bond donors (Lipinski definition) is 4. The fourth-order valence-electron chi connectivity index (χ4n) is 7.44. The molecule has 1 rings (SSSR count). The molecule has 0 fully saturated rings. The molecule has 1 aromatic rings. The molecule has 0 unspecified atom stereocenters. The van der Waals surface area contributed by atoms with Gasteiger partial charge in [0.25, 0.3) is 0 Å². The van der Waals surface area contributed by atoms with Gasteiger partial charge in [-0.15, -0.1) is 0 Å². The first-order valence-corrected chi connectivity index (χ1v) is 30.3. The van der Waals surface area contributed by atoms with Gasteiger partial charge in [-0.3, -0.25) is 0 Å². The zero-order valence-corrected chi connectivity index (χ0v) is 42.6. The van der Waals surface area contributed by atoms with Crippen molar-refractivity contribution in [3.8, 4) is 24.3 Å². The lowest BCUT2D eigenvalue weighted by atomic mass is 10.1. The van der Waals surface area contributed by atoms with Gasteiger partial charge in [0.2, 0.25) is 40.1 Å². The first kappa shape index (κ1) is 60.8. The van der Waals surface area contributed by atoms with Gasteiger partial charge in [0.15, 0.2) is 0 Å². The average molecular weight is 999 g/mol. The Hall–Kier alpha value is -3.18. The number of unbranched alkanes of at least 4 members (excludes halogenated alkanes) is 28. The quantitative estimate of drug-likeness (QED) is 0.0445. The van der Waals surface area contributed by atoms with E-state index in [0.717, 1.165) is 141 Å². The normalized spacial score (nSPS) is 12.1. The van der Waals surface area contributed by atoms with Crippen LogP contribution in [0.3, 0.4) is 0 Å². The Morgan fingerprint density at radius 1 is 0.288 bits per heavy atom. The summed E-state index contributed by atoms with van der Waals surface area (Å²) < 4.78 is 124. The number of nitrogens with one attached hydrogen (secondary N) is 4. The third kappa shape index (κ3) is 27.0. The van der Waals surface area contributed by atoms with Crippen LogP contribution < -0.4 is 18.9 Å². The molecule has 374 valence electrons. The number of nitrogens with zero attached hydrogens (tertiary/aromatic N) is 4. The molecule has 0 heterocycles. The first-order chi connectivity index (χ1) is 31.7. The summed E-state index contributed by atoms with van der Waals surface area (Å²) in [4.78, 5) is -4.08. The second-order valence-corrected chi connectivity index (χ2v) is 23.7. The highest BCUT2D eigenvalue weighted by molar-refractivity contribution is 7.95. The summed E-state index contributed by atoms with van der Waals surface area (Å²) in [5.41, 5.74) is 0. The van der Waals surface area contributed by atoms with Crippen LogP contribution in [0.1, 0.15) is 205 Å². The van der Waals surface area contributed by atoms with E-state index in [-0.39, 0.29) is 26.2 Å². The molecule has 0 amide bonds. The fraction of sp³-hybridized carbons (Fsp3) is 0.783. The van der Waals surface area contributed by atoms with Crippen molar-refractivity contribution in [2.45, 2.75) is 225 Å². The molecule has 0 saturated heterocycles. The van der Waals surface area contributed by atoms with E-state index in [9.17, 15) is 33.7 Å². The van der Waals surface area contributed by atoms with Gasteiger partial charge >= 0.3 is 0 Å². The number of sulfonamides is 4. The van der Waals surface area contributed by atoms with Crippen molar-refractivity contribution in [2.75, 3.05) is 26.2 Å². The summed E-state index contributed by atoms with van der Waals surface area (Å²) >= 11 is 0. The first-order valence-electron chi connectivity index (χ1n) is 24.3. The topological polar surface area (TPSA) is 280 Å². The molecule has 66 heavy (non-hydrogen) atoms. The van der Waals surface area contributed by atoms with E-state index in [0.29, 0.717) is 77.0 Å². The van der Waals surface area contributed by atoms with E-state index in [2.05, 4.69) is 43.2 Å². The van der Waals surface area contributed by atoms with E-state index < -0.39 is 59.7 Å². The van der Waals surface area contributed by atoms with Crippen molar-refractivity contribution in [1.82, 2.24) is 18.9 Å². The smallest absolute Gasteiger partial charge is 0.211 e. The maximum Gasteiger partial charge on any atom is 0.243 e. The predicted octanol–water partition coefficient (Wildman–Crippen LogP) is 9.38. The Morgan fingerprint density at radius 3 is 0.682 bits per heavy atom. The zero-order valence-electron chi connectivity index (χ0n) is 39.3. The van der Waals surface area contributed by atoms with Crippen molar-refractivity contribution in [3.05, 3.63) is 12.1 Å². The molecule has 4 N–H and O–H groups in total. The molecule has 0 bridgehead atoms. The Labute approximate surface area is 399 Å². The van der Waals surface area contributed by atoms with Gasteiger partial charge in [-0.1, -0.05) is 128 Å². The molecule has 0 saturated carbocycles. The lowest BCUT2D eigenvalue weighted by Crippen LogP contribution is -2.36. The number of rotatable bonds is 44. The van der Waals surface area contributed by atoms with Gasteiger partial charge in [0.1, 0.15) is 19.6 Å². The Balaban J connectivity index is 3.52. The molecule has 16 nitrogen and oxygen atoms in total. The van der Waals surface area contributed by atoms with E-state index in [1.807, 2.05) is 0 Å². The van der Waals surface area contributed by atoms with Gasteiger partial charge in [-0.05, 0) is 63.5 Å². The minimum atomic E-state index is -5.00. The maximum absolute atomic E-state index is 14.4. The average Bonchev–Trinajstić information content (AvgIpc) is 3.28. The number of hydrogen-bond acceptors (Lipinski definition) is 12. The molecule has 1 aromatic carbocycles. The lowest BCUT2D eigenvalue weighted by Gasteiger charge is -2.20. The molecule has 0 atom stereocenters. The zero-order chi connectivity index (χ0) is 48.8. The second-order valence-electron chi connectivity index (χ2n) is 16.8. The molecule has 0 aliphatic heterocycles. The van der Waals surface area contributed by atoms with Crippen LogP contribution in [0.4, 0.5) is 0 Å². The summed E-state index contributed by atoms with van der Waals surface area (Å²) in [5, 5.41) is 35.0. The minimum Gasteiger partial charge on any atom is -0.211 e. The Morgan fingerprint density at radius 2 is 0.470 bits per heavy atom. The second kappa shape index (κ2) is 36.8. The monoisotopic (exact) mass is 998 g/mol. The van der Waals surface area contributed by atoms with Crippen molar-refractivity contribution in [3.63, 3.8) is 0 Å². The molecule has 0 aliphatic rings. The largest absolute Gasteiger partial charge is 0.243 e. The highest BCUT2D eigenvalue weighted by Gasteiger charge is 2.39. The SMILES string of the molecule is N#CCCCCCCCCCNS(=O)(=O)c1ccc(S(=O)(=O)NCCCCCCCCCC#N)c(S(=O)(=O)NCCCCCCCCCC#N)c1S(=O)(=O)NCCCCCCCCCC#N. The summed E-state index contributed by atoms with van der Waals surface area (Å²) in [6.07, 6.45) is 23.5. The van der Waals surface area contributed by atoms with Crippen LogP contribution in [0.5, 0.6) is 0 Å². The molecule has 0 aliphatic carbocycles. The molecular formula is C46H78N8O8S4. The standard InChI is InChI=1S/C46H78N8O8S4/c47-35-25-17-9-1-5-13-21-29-39-51-63(55,56)43-33-34-44(64(57,58)52-40-30-22-14-6-2-10-18-26-36-48)46(66(61,62)54-42-32-24-16-8-4-12-20-28-38-50)45(43)65(59,60)53-41-31-23-15-7-3-11-19-27-37-49/h33-34,51-54H,1-32,39-42H2. The minimum absolute atomic E-state index is 0.0691. The van der Waals surface area contributed by atoms with Crippen molar-refractivity contribution in [1.29, 1.82) is 21.0 Å². The van der Waals surface area contributed by atoms with Gasteiger partial charge in [0.05, 0.1) is 24.3 Å². The number of benzene rings is 1. The number of nitriles is 4. The van der Waals surface area contributed by atoms with Crippen LogP contribution in [0, 0.1) is 45.3 Å². The molecular weight excluding hydrogens is 921 g/mol. The molecule has 0 spiro atoms. The van der Waals surface area contributed by atoms with Crippen molar-refractivity contribution < 1.29 is 33.7 Å². The molecule has 0 radical (unpaired) electrons. The molecule has 0 aromatic heterocycles. The highest BCUT2D eigenvalue weighted by Crippen LogP contribution is 2.34. The third-order valence-electron chi connectivity index (χ3n) is 11.2. The van der Waals surface area contributed by atoms with E-state index >= 15 is 0 Å². The summed E-state index contributed by atoms with van der Waals surface area (Å²) in [5.74, 6) is 0. The van der Waals surface area contributed by atoms with Crippen LogP contribution in [0.15, 0.2) is 31.7 Å². The van der Waals surface area contributed by atoms with Crippen LogP contribution in [0.2, 0.25) is 0 Å². The lowest BCUT2D eigenvalue weighted by molar-refractivity contribution is 0.538. The third-order valence-corrected chi connectivity index (χ3v) is 17.7. The van der Waals surface area contributed by atoms with Gasteiger partial charge in [0, 0.05) is 51.9 Å². The van der Waals surface area contributed by atoms with Crippen molar-refractivity contribution >= 4 is 40.1 Å². The molecule has 20 heteroatoms. The predicted molar refractivity (Wildman–Crippen MR) is 257 cm³/mol. The van der Waals surface area contributed by atoms with Crippen LogP contribution in [0.25, 0.3) is 0 Å². The summed E-state index contributed by atoms with van der Waals surface area (Å²) in [7, 11) is -19.4. The van der Waals surface area contributed by atoms with Crippen LogP contribution in [-0.4, -0.2) is 59.9 Å².